The van der Waals surface area contributed by atoms with Crippen LogP contribution in [-0.4, -0.2) is 35.2 Å². The van der Waals surface area contributed by atoms with E-state index in [-0.39, 0.29) is 29.6 Å². The van der Waals surface area contributed by atoms with E-state index in [1.165, 1.54) is 10.5 Å². The van der Waals surface area contributed by atoms with Gasteiger partial charge < -0.3 is 14.8 Å². The Kier molecular flexibility index (Phi) is 7.36. The van der Waals surface area contributed by atoms with Crippen LogP contribution in [-0.2, 0) is 14.2 Å². The summed E-state index contributed by atoms with van der Waals surface area (Å²) < 4.78 is 6.07. The zero-order valence-electron chi connectivity index (χ0n) is 21.5. The van der Waals surface area contributed by atoms with Gasteiger partial charge in [-0.25, -0.2) is 0 Å². The summed E-state index contributed by atoms with van der Waals surface area (Å²) in [4.78, 5) is 28.4. The van der Waals surface area contributed by atoms with Crippen molar-refractivity contribution in [3.63, 3.8) is 0 Å². The molecule has 2 N–H and O–H groups in total. The van der Waals surface area contributed by atoms with E-state index in [0.29, 0.717) is 24.8 Å². The number of hydrogen-bond acceptors (Lipinski definition) is 5. The predicted molar refractivity (Wildman–Crippen MR) is 145 cm³/mol. The van der Waals surface area contributed by atoms with Crippen LogP contribution in [0.4, 0.5) is 5.69 Å². The lowest BCUT2D eigenvalue weighted by Crippen LogP contribution is -2.46. The monoisotopic (exact) mass is 499 g/mol. The number of aromatic hydroxyl groups is 1. The van der Waals surface area contributed by atoms with Crippen molar-refractivity contribution in [2.24, 2.45) is 17.8 Å². The normalized spacial score (nSPS) is 26.0. The second-order valence-corrected chi connectivity index (χ2v) is 10.5. The highest BCUT2D eigenvalue weighted by atomic mass is 16.5. The molecule has 0 aromatic heterocycles. The number of anilines is 1. The maximum absolute atomic E-state index is 13.6. The Labute approximate surface area is 218 Å². The molecule has 2 aliphatic heterocycles. The minimum absolute atomic E-state index is 0.140. The number of carbonyl (C=O) groups excluding carboxylic acids is 2. The van der Waals surface area contributed by atoms with Gasteiger partial charge in [-0.1, -0.05) is 60.9 Å². The van der Waals surface area contributed by atoms with E-state index in [4.69, 9.17) is 4.65 Å². The maximum atomic E-state index is 13.6. The third-order valence-corrected chi connectivity index (χ3v) is 8.03. The van der Waals surface area contributed by atoms with Gasteiger partial charge in [-0.05, 0) is 80.2 Å². The predicted octanol–water partition coefficient (Wildman–Crippen LogP) is 5.38. The van der Waals surface area contributed by atoms with Crippen molar-refractivity contribution in [3.05, 3.63) is 76.9 Å². The fourth-order valence-electron chi connectivity index (χ4n) is 6.46. The van der Waals surface area contributed by atoms with E-state index in [1.807, 2.05) is 30.3 Å². The molecule has 6 nitrogen and oxygen atoms in total. The Bertz CT molecular complexity index is 1220. The van der Waals surface area contributed by atoms with E-state index < -0.39 is 19.0 Å². The van der Waals surface area contributed by atoms with Crippen molar-refractivity contribution in [1.82, 2.24) is 0 Å². The number of carbonyl (C=O) groups is 2. The van der Waals surface area contributed by atoms with Crippen LogP contribution in [0.3, 0.4) is 0 Å². The number of hydrogen-bond donors (Lipinski definition) is 2. The molecule has 0 bridgehead atoms. The zero-order valence-corrected chi connectivity index (χ0v) is 21.5. The number of para-hydroxylation sites is 1. The van der Waals surface area contributed by atoms with E-state index in [1.54, 1.807) is 24.3 Å². The minimum Gasteiger partial charge on any atom is -0.508 e. The Morgan fingerprint density at radius 1 is 1.05 bits per heavy atom. The molecule has 0 spiro atoms. The smallest absolute Gasteiger partial charge is 0.455 e. The summed E-state index contributed by atoms with van der Waals surface area (Å²) in [5.74, 6) is -1.11. The van der Waals surface area contributed by atoms with Crippen LogP contribution >= 0.6 is 0 Å². The molecule has 7 heteroatoms. The molecule has 37 heavy (non-hydrogen) atoms. The Morgan fingerprint density at radius 3 is 2.49 bits per heavy atom. The Morgan fingerprint density at radius 2 is 1.78 bits per heavy atom. The van der Waals surface area contributed by atoms with E-state index >= 15 is 0 Å². The van der Waals surface area contributed by atoms with Crippen molar-refractivity contribution in [3.8, 4) is 5.75 Å². The number of fused-ring (bicyclic) bond motifs is 3. The molecule has 1 aliphatic carbocycles. The largest absolute Gasteiger partial charge is 0.508 e. The number of imide groups is 1. The summed E-state index contributed by atoms with van der Waals surface area (Å²) in [6.45, 7) is 4.20. The summed E-state index contributed by atoms with van der Waals surface area (Å²) >= 11 is 0. The molecular formula is C30H34BNO5. The van der Waals surface area contributed by atoms with Crippen molar-refractivity contribution in [2.45, 2.75) is 58.4 Å². The van der Waals surface area contributed by atoms with Gasteiger partial charge in [0.25, 0.3) is 0 Å². The molecule has 5 rings (SSSR count). The molecule has 2 aromatic carbocycles. The lowest BCUT2D eigenvalue weighted by molar-refractivity contribution is -0.122. The van der Waals surface area contributed by atoms with E-state index in [9.17, 15) is 19.7 Å². The van der Waals surface area contributed by atoms with Crippen LogP contribution in [0.25, 0.3) is 6.08 Å². The summed E-state index contributed by atoms with van der Waals surface area (Å²) in [7, 11) is -0.963. The Balaban J connectivity index is 1.39. The van der Waals surface area contributed by atoms with Gasteiger partial charge in [-0.2, -0.15) is 0 Å². The molecule has 192 valence electrons. The van der Waals surface area contributed by atoms with Crippen LogP contribution in [0.1, 0.15) is 51.5 Å². The van der Waals surface area contributed by atoms with Gasteiger partial charge in [0.05, 0.1) is 23.6 Å². The van der Waals surface area contributed by atoms with Crippen LogP contribution in [0.5, 0.6) is 5.75 Å². The average Bonchev–Trinajstić information content (AvgIpc) is 3.13. The van der Waals surface area contributed by atoms with E-state index in [2.05, 4.69) is 19.9 Å². The second-order valence-electron chi connectivity index (χ2n) is 10.5. The molecule has 2 aromatic rings. The highest BCUT2D eigenvalue weighted by molar-refractivity contribution is 6.43. The first kappa shape index (κ1) is 25.5. The summed E-state index contributed by atoms with van der Waals surface area (Å²) in [6, 6.07) is 16.3. The lowest BCUT2D eigenvalue weighted by atomic mass is 9.58. The van der Waals surface area contributed by atoms with Gasteiger partial charge in [0.1, 0.15) is 5.75 Å². The zero-order chi connectivity index (χ0) is 26.1. The van der Waals surface area contributed by atoms with Gasteiger partial charge in [-0.15, -0.1) is 0 Å². The summed E-state index contributed by atoms with van der Waals surface area (Å²) in [6.07, 6.45) is 6.21. The van der Waals surface area contributed by atoms with Crippen LogP contribution in [0.2, 0.25) is 6.32 Å². The fraction of sp³-hybridized carbons (Fsp3) is 0.400. The Hall–Kier alpha value is -3.16. The van der Waals surface area contributed by atoms with Crippen molar-refractivity contribution >= 4 is 30.7 Å². The molecule has 2 saturated heterocycles. The van der Waals surface area contributed by atoms with Crippen molar-refractivity contribution in [2.75, 3.05) is 4.90 Å². The molecule has 0 saturated carbocycles. The van der Waals surface area contributed by atoms with Gasteiger partial charge in [0.15, 0.2) is 0 Å². The number of rotatable bonds is 7. The molecule has 0 unspecified atom stereocenters. The fourth-order valence-corrected chi connectivity index (χ4v) is 6.46. The molecular weight excluding hydrogens is 465 g/mol. The topological polar surface area (TPSA) is 87.1 Å². The first-order valence-electron chi connectivity index (χ1n) is 13.3. The average molecular weight is 499 g/mol. The maximum Gasteiger partial charge on any atom is 0.455 e. The molecule has 3 aliphatic rings. The summed E-state index contributed by atoms with van der Waals surface area (Å²) in [5, 5.41) is 20.3. The third-order valence-electron chi connectivity index (χ3n) is 8.03. The molecule has 0 radical (unpaired) electrons. The molecule has 2 heterocycles. The van der Waals surface area contributed by atoms with Crippen molar-refractivity contribution in [1.29, 1.82) is 0 Å². The SMILES string of the molecule is CCC/C(=C\c1ccc(O)cc1)CC[C@H]1OB(O)C[C@H]2C1=C(C)C[C@H]1C(=O)N(c3ccccc3)C(=O)[C@H]12. The highest BCUT2D eigenvalue weighted by Crippen LogP contribution is 2.51. The standard InChI is InChI=1S/C30H34BNO5/c1-3-7-20(17-21-10-13-23(33)14-11-21)12-15-26-27-19(2)16-24-28(25(27)18-31(36)37-26)30(35)32(29(24)34)22-8-5-4-6-9-22/h4-6,8-11,13-14,17,24-26,28,33,36H,3,7,12,15-16,18H2,1-2H3/b20-17+/t24-,25+,26-,28-/m1/s1. The quantitative estimate of drug-likeness (QED) is 0.304. The van der Waals surface area contributed by atoms with E-state index in [0.717, 1.165) is 36.0 Å². The number of nitrogens with zero attached hydrogens (tertiary/aromatic N) is 1. The lowest BCUT2D eigenvalue weighted by Gasteiger charge is -2.42. The molecule has 4 atom stereocenters. The molecule has 2 fully saturated rings. The van der Waals surface area contributed by atoms with Gasteiger partial charge in [0, 0.05) is 0 Å². The third kappa shape index (κ3) is 5.03. The van der Waals surface area contributed by atoms with Crippen LogP contribution in [0, 0.1) is 17.8 Å². The van der Waals surface area contributed by atoms with Crippen molar-refractivity contribution < 1.29 is 24.4 Å². The first-order valence-corrected chi connectivity index (χ1v) is 13.3. The first-order chi connectivity index (χ1) is 17.9. The van der Waals surface area contributed by atoms with Gasteiger partial charge in [0.2, 0.25) is 11.8 Å². The number of allylic oxidation sites excluding steroid dienone is 2. The number of amides is 2. The minimum atomic E-state index is -0.963. The summed E-state index contributed by atoms with van der Waals surface area (Å²) in [5.41, 5.74) is 5.14. The number of benzene rings is 2. The van der Waals surface area contributed by atoms with Crippen LogP contribution in [0.15, 0.2) is 71.3 Å². The highest BCUT2D eigenvalue weighted by Gasteiger charge is 2.57. The van der Waals surface area contributed by atoms with Crippen LogP contribution < -0.4 is 4.90 Å². The number of phenols is 1. The van der Waals surface area contributed by atoms with Gasteiger partial charge in [-0.3, -0.25) is 14.5 Å². The number of phenolic OH excluding ortho intramolecular Hbond substituents is 1. The van der Waals surface area contributed by atoms with Gasteiger partial charge >= 0.3 is 7.12 Å². The molecule has 2 amide bonds. The second kappa shape index (κ2) is 10.7.